The number of methoxy groups -OCH3 is 2. The molecule has 0 radical (unpaired) electrons. The third kappa shape index (κ3) is 2.50. The second kappa shape index (κ2) is 5.94. The molecular weight excluding hydrogens is 316 g/mol. The first-order chi connectivity index (χ1) is 12.2. The monoisotopic (exact) mass is 332 g/mol. The number of pyridine rings is 1. The Morgan fingerprint density at radius 1 is 0.880 bits per heavy atom. The zero-order valence-corrected chi connectivity index (χ0v) is 13.9. The smallest absolute Gasteiger partial charge is 0.265 e. The zero-order chi connectivity index (χ0) is 17.4. The number of hydrogen-bond acceptors (Lipinski definition) is 4. The van der Waals surface area contributed by atoms with Crippen LogP contribution in [0.15, 0.2) is 65.6 Å². The van der Waals surface area contributed by atoms with E-state index in [0.717, 1.165) is 11.1 Å². The average molecular weight is 332 g/mol. The molecule has 0 unspecified atom stereocenters. The van der Waals surface area contributed by atoms with Crippen molar-refractivity contribution in [2.24, 2.45) is 0 Å². The maximum absolute atomic E-state index is 13.0. The van der Waals surface area contributed by atoms with Gasteiger partial charge in [-0.2, -0.15) is 0 Å². The minimum absolute atomic E-state index is 0.140. The summed E-state index contributed by atoms with van der Waals surface area (Å²) in [7, 11) is 3.10. The summed E-state index contributed by atoms with van der Waals surface area (Å²) in [6.45, 7) is 0. The van der Waals surface area contributed by atoms with Gasteiger partial charge in [0.15, 0.2) is 11.5 Å². The molecule has 2 aromatic carbocycles. The molecule has 0 aliphatic heterocycles. The Balaban J connectivity index is 2.01. The molecule has 0 spiro atoms. The van der Waals surface area contributed by atoms with Crippen molar-refractivity contribution < 1.29 is 9.47 Å². The highest BCUT2D eigenvalue weighted by molar-refractivity contribution is 5.84. The fraction of sp³-hybridized carbons (Fsp3) is 0.100. The normalized spacial score (nSPS) is 11.0. The van der Waals surface area contributed by atoms with Crippen LogP contribution in [0.4, 0.5) is 0 Å². The molecule has 0 amide bonds. The van der Waals surface area contributed by atoms with E-state index >= 15 is 0 Å². The van der Waals surface area contributed by atoms with E-state index in [1.165, 1.54) is 0 Å². The van der Waals surface area contributed by atoms with Gasteiger partial charge in [0.25, 0.3) is 5.56 Å². The van der Waals surface area contributed by atoms with Gasteiger partial charge >= 0.3 is 0 Å². The quantitative estimate of drug-likeness (QED) is 0.539. The average Bonchev–Trinajstić information content (AvgIpc) is 2.67. The van der Waals surface area contributed by atoms with E-state index in [2.05, 4.69) is 4.98 Å². The molecule has 0 saturated heterocycles. The minimum Gasteiger partial charge on any atom is -0.493 e. The highest BCUT2D eigenvalue weighted by Gasteiger charge is 2.12. The Labute approximate surface area is 144 Å². The van der Waals surface area contributed by atoms with E-state index in [4.69, 9.17) is 9.47 Å². The van der Waals surface area contributed by atoms with Crippen LogP contribution in [0.1, 0.15) is 0 Å². The molecular formula is C20H16N2O3. The first kappa shape index (κ1) is 15.2. The van der Waals surface area contributed by atoms with Crippen molar-refractivity contribution in [1.29, 1.82) is 0 Å². The van der Waals surface area contributed by atoms with Crippen LogP contribution >= 0.6 is 0 Å². The molecule has 5 nitrogen and oxygen atoms in total. The number of benzene rings is 2. The second-order valence-electron chi connectivity index (χ2n) is 5.65. The lowest BCUT2D eigenvalue weighted by atomic mass is 10.1. The van der Waals surface area contributed by atoms with Crippen LogP contribution in [0.5, 0.6) is 11.5 Å². The van der Waals surface area contributed by atoms with E-state index in [9.17, 15) is 4.79 Å². The summed E-state index contributed by atoms with van der Waals surface area (Å²) in [5, 5.41) is 0.486. The predicted molar refractivity (Wildman–Crippen MR) is 97.5 cm³/mol. The van der Waals surface area contributed by atoms with Crippen molar-refractivity contribution in [1.82, 2.24) is 9.38 Å². The molecule has 124 valence electrons. The van der Waals surface area contributed by atoms with Crippen molar-refractivity contribution in [2.75, 3.05) is 14.2 Å². The number of rotatable bonds is 3. The first-order valence-corrected chi connectivity index (χ1v) is 7.85. The zero-order valence-electron chi connectivity index (χ0n) is 13.9. The predicted octanol–water partition coefficient (Wildman–Crippen LogP) is 3.53. The number of hydrogen-bond donors (Lipinski definition) is 0. The summed E-state index contributed by atoms with van der Waals surface area (Å²) in [4.78, 5) is 17.6. The molecule has 0 fully saturated rings. The third-order valence-corrected chi connectivity index (χ3v) is 4.22. The maximum Gasteiger partial charge on any atom is 0.265 e. The standard InChI is InChI=1S/C20H16N2O3/c1-24-17-10-15-16(11-18(17)25-2)21-19-9-8-14(12-22(19)20(15)23)13-6-4-3-5-7-13/h3-12H,1-2H3. The molecule has 0 N–H and O–H groups in total. The number of ether oxygens (including phenoxy) is 2. The lowest BCUT2D eigenvalue weighted by Crippen LogP contribution is -2.15. The molecule has 4 aromatic rings. The lowest BCUT2D eigenvalue weighted by Gasteiger charge is -2.10. The van der Waals surface area contributed by atoms with Crippen LogP contribution in [0.3, 0.4) is 0 Å². The first-order valence-electron chi connectivity index (χ1n) is 7.85. The number of nitrogens with zero attached hydrogens (tertiary/aromatic N) is 2. The summed E-state index contributed by atoms with van der Waals surface area (Å²) >= 11 is 0. The van der Waals surface area contributed by atoms with Gasteiger partial charge < -0.3 is 9.47 Å². The van der Waals surface area contributed by atoms with Crippen LogP contribution in [0.2, 0.25) is 0 Å². The van der Waals surface area contributed by atoms with Gasteiger partial charge in [0.1, 0.15) is 5.65 Å². The van der Waals surface area contributed by atoms with Gasteiger partial charge in [0.05, 0.1) is 25.1 Å². The summed E-state index contributed by atoms with van der Waals surface area (Å²) in [5.41, 5.74) is 3.03. The molecule has 2 heterocycles. The van der Waals surface area contributed by atoms with Crippen LogP contribution in [0, 0.1) is 0 Å². The maximum atomic E-state index is 13.0. The second-order valence-corrected chi connectivity index (χ2v) is 5.65. The lowest BCUT2D eigenvalue weighted by molar-refractivity contribution is 0.355. The van der Waals surface area contributed by atoms with Gasteiger partial charge in [-0.05, 0) is 29.3 Å². The molecule has 0 atom stereocenters. The van der Waals surface area contributed by atoms with Gasteiger partial charge in [-0.25, -0.2) is 4.98 Å². The van der Waals surface area contributed by atoms with Crippen LogP contribution in [-0.2, 0) is 0 Å². The van der Waals surface area contributed by atoms with Gasteiger partial charge in [0.2, 0.25) is 0 Å². The fourth-order valence-electron chi connectivity index (χ4n) is 2.93. The molecule has 5 heteroatoms. The summed E-state index contributed by atoms with van der Waals surface area (Å²) in [6, 6.07) is 17.1. The highest BCUT2D eigenvalue weighted by atomic mass is 16.5. The van der Waals surface area contributed by atoms with E-state index in [1.807, 2.05) is 48.7 Å². The van der Waals surface area contributed by atoms with E-state index < -0.39 is 0 Å². The molecule has 0 bridgehead atoms. The number of fused-ring (bicyclic) bond motifs is 2. The van der Waals surface area contributed by atoms with Crippen molar-refractivity contribution >= 4 is 16.6 Å². The summed E-state index contributed by atoms with van der Waals surface area (Å²) in [6.07, 6.45) is 1.82. The van der Waals surface area contributed by atoms with Crippen molar-refractivity contribution in [3.63, 3.8) is 0 Å². The molecule has 25 heavy (non-hydrogen) atoms. The minimum atomic E-state index is -0.140. The molecule has 2 aromatic heterocycles. The van der Waals surface area contributed by atoms with Crippen molar-refractivity contribution in [3.05, 3.63) is 71.1 Å². The Morgan fingerprint density at radius 2 is 1.60 bits per heavy atom. The van der Waals surface area contributed by atoms with Crippen molar-refractivity contribution in [3.8, 4) is 22.6 Å². The Hall–Kier alpha value is -3.34. The topological polar surface area (TPSA) is 52.8 Å². The van der Waals surface area contributed by atoms with Gasteiger partial charge in [-0.1, -0.05) is 30.3 Å². The Kier molecular flexibility index (Phi) is 3.61. The Morgan fingerprint density at radius 3 is 2.32 bits per heavy atom. The van der Waals surface area contributed by atoms with Crippen LogP contribution in [0.25, 0.3) is 27.7 Å². The van der Waals surface area contributed by atoms with Gasteiger partial charge in [-0.15, -0.1) is 0 Å². The van der Waals surface area contributed by atoms with Gasteiger partial charge in [-0.3, -0.25) is 9.20 Å². The molecule has 0 aliphatic rings. The molecule has 0 aliphatic carbocycles. The highest BCUT2D eigenvalue weighted by Crippen LogP contribution is 2.30. The van der Waals surface area contributed by atoms with Gasteiger partial charge in [0, 0.05) is 12.3 Å². The van der Waals surface area contributed by atoms with Crippen molar-refractivity contribution in [2.45, 2.75) is 0 Å². The molecule has 0 saturated carbocycles. The third-order valence-electron chi connectivity index (χ3n) is 4.22. The largest absolute Gasteiger partial charge is 0.493 e. The van der Waals surface area contributed by atoms with E-state index in [1.54, 1.807) is 30.8 Å². The van der Waals surface area contributed by atoms with Crippen LogP contribution < -0.4 is 15.0 Å². The van der Waals surface area contributed by atoms with E-state index in [-0.39, 0.29) is 5.56 Å². The number of aromatic nitrogens is 2. The fourth-order valence-corrected chi connectivity index (χ4v) is 2.93. The summed E-state index contributed by atoms with van der Waals surface area (Å²) < 4.78 is 12.2. The van der Waals surface area contributed by atoms with E-state index in [0.29, 0.717) is 28.0 Å². The van der Waals surface area contributed by atoms with Crippen LogP contribution in [-0.4, -0.2) is 23.6 Å². The Bertz CT molecular complexity index is 1130. The summed E-state index contributed by atoms with van der Waals surface area (Å²) in [5.74, 6) is 1.06. The SMILES string of the molecule is COc1cc2nc3ccc(-c4ccccc4)cn3c(=O)c2cc1OC. The molecule has 4 rings (SSSR count).